The molecule has 4 aromatic rings. The molecule has 1 aliphatic rings. The fourth-order valence-electron chi connectivity index (χ4n) is 4.42. The number of rotatable bonds is 7. The highest BCUT2D eigenvalue weighted by Crippen LogP contribution is 2.33. The van der Waals surface area contributed by atoms with E-state index in [1.54, 1.807) is 24.4 Å². The molecule has 1 saturated heterocycles. The standard InChI is InChI=1S/C29H26N4O3/c30-25-19-20(16-17-31-25)18-24-27(34)33(28(24)36-23-14-8-3-9-15-23)29(35)32-26(21-10-4-1-5-11-21)22-12-6-2-7-13-22/h1-17,19,24,26,28H,18H2,(H2,30,31)(H,32,35)/t24-,28+/m0/s1. The van der Waals surface area contributed by atoms with Gasteiger partial charge in [0, 0.05) is 6.20 Å². The molecule has 3 aromatic carbocycles. The summed E-state index contributed by atoms with van der Waals surface area (Å²) in [5.74, 6) is 0.117. The molecule has 7 heteroatoms. The molecule has 2 heterocycles. The number of likely N-dealkylation sites (tertiary alicyclic amines) is 1. The molecule has 1 aromatic heterocycles. The van der Waals surface area contributed by atoms with E-state index in [1.165, 1.54) is 4.90 Å². The molecule has 3 amide bonds. The Labute approximate surface area is 209 Å². The van der Waals surface area contributed by atoms with Crippen LogP contribution in [0.3, 0.4) is 0 Å². The number of imide groups is 1. The maximum atomic E-state index is 13.5. The number of ether oxygens (including phenoxy) is 1. The van der Waals surface area contributed by atoms with Gasteiger partial charge in [-0.05, 0) is 47.4 Å². The van der Waals surface area contributed by atoms with Crippen LogP contribution in [-0.2, 0) is 11.2 Å². The molecule has 0 bridgehead atoms. The molecule has 0 spiro atoms. The van der Waals surface area contributed by atoms with E-state index in [1.807, 2.05) is 84.9 Å². The Bertz CT molecular complexity index is 1290. The molecule has 1 fully saturated rings. The van der Waals surface area contributed by atoms with Crippen LogP contribution in [0.1, 0.15) is 22.7 Å². The quantitative estimate of drug-likeness (QED) is 0.379. The van der Waals surface area contributed by atoms with Gasteiger partial charge < -0.3 is 15.8 Å². The first-order valence-electron chi connectivity index (χ1n) is 11.8. The molecular formula is C29H26N4O3. The summed E-state index contributed by atoms with van der Waals surface area (Å²) in [7, 11) is 0. The lowest BCUT2D eigenvalue weighted by Crippen LogP contribution is -2.68. The van der Waals surface area contributed by atoms with Gasteiger partial charge in [0.05, 0.1) is 12.0 Å². The summed E-state index contributed by atoms with van der Waals surface area (Å²) in [6, 6.07) is 31.1. The molecule has 0 saturated carbocycles. The number of pyridine rings is 1. The van der Waals surface area contributed by atoms with E-state index in [9.17, 15) is 9.59 Å². The molecule has 36 heavy (non-hydrogen) atoms. The van der Waals surface area contributed by atoms with E-state index < -0.39 is 24.2 Å². The van der Waals surface area contributed by atoms with E-state index in [-0.39, 0.29) is 5.91 Å². The third-order valence-electron chi connectivity index (χ3n) is 6.21. The van der Waals surface area contributed by atoms with Gasteiger partial charge in [-0.2, -0.15) is 0 Å². The van der Waals surface area contributed by atoms with E-state index in [4.69, 9.17) is 10.5 Å². The van der Waals surface area contributed by atoms with Gasteiger partial charge in [0.25, 0.3) is 0 Å². The highest BCUT2D eigenvalue weighted by Gasteiger charge is 2.53. The average Bonchev–Trinajstić information content (AvgIpc) is 2.92. The fourth-order valence-corrected chi connectivity index (χ4v) is 4.42. The predicted molar refractivity (Wildman–Crippen MR) is 137 cm³/mol. The first kappa shape index (κ1) is 23.1. The van der Waals surface area contributed by atoms with Gasteiger partial charge >= 0.3 is 6.03 Å². The second-order valence-corrected chi connectivity index (χ2v) is 8.63. The summed E-state index contributed by atoms with van der Waals surface area (Å²) in [5, 5.41) is 3.05. The molecule has 0 unspecified atom stereocenters. The number of urea groups is 1. The Morgan fingerprint density at radius 2 is 1.50 bits per heavy atom. The van der Waals surface area contributed by atoms with E-state index in [0.717, 1.165) is 16.7 Å². The van der Waals surface area contributed by atoms with Crippen LogP contribution in [0.5, 0.6) is 5.75 Å². The van der Waals surface area contributed by atoms with Gasteiger partial charge in [-0.3, -0.25) is 4.79 Å². The number of amides is 3. The summed E-state index contributed by atoms with van der Waals surface area (Å²) >= 11 is 0. The van der Waals surface area contributed by atoms with Gasteiger partial charge in [0.2, 0.25) is 5.91 Å². The van der Waals surface area contributed by atoms with Crippen molar-refractivity contribution in [2.75, 3.05) is 5.73 Å². The SMILES string of the molecule is Nc1cc(C[C@H]2C(=O)N(C(=O)NC(c3ccccc3)c3ccccc3)[C@@H]2Oc2ccccc2)ccn1. The molecular weight excluding hydrogens is 452 g/mol. The first-order valence-corrected chi connectivity index (χ1v) is 11.8. The maximum Gasteiger partial charge on any atom is 0.327 e. The van der Waals surface area contributed by atoms with Crippen molar-refractivity contribution in [2.24, 2.45) is 5.92 Å². The maximum absolute atomic E-state index is 13.5. The van der Waals surface area contributed by atoms with Gasteiger partial charge in [-0.15, -0.1) is 0 Å². The Hall–Kier alpha value is -4.65. The van der Waals surface area contributed by atoms with Crippen LogP contribution in [0.4, 0.5) is 10.6 Å². The number of nitrogens with one attached hydrogen (secondary N) is 1. The number of anilines is 1. The number of nitrogens with zero attached hydrogens (tertiary/aromatic N) is 2. The molecule has 0 radical (unpaired) electrons. The van der Waals surface area contributed by atoms with Crippen LogP contribution in [0.25, 0.3) is 0 Å². The van der Waals surface area contributed by atoms with Gasteiger partial charge in [-0.25, -0.2) is 14.7 Å². The summed E-state index contributed by atoms with van der Waals surface area (Å²) in [6.45, 7) is 0. The average molecular weight is 479 g/mol. The van der Waals surface area contributed by atoms with Crippen molar-refractivity contribution in [1.82, 2.24) is 15.2 Å². The highest BCUT2D eigenvalue weighted by atomic mass is 16.5. The zero-order valence-corrected chi connectivity index (χ0v) is 19.5. The first-order chi connectivity index (χ1) is 17.6. The fraction of sp³-hybridized carbons (Fsp3) is 0.138. The number of hydrogen-bond donors (Lipinski definition) is 2. The number of carbonyl (C=O) groups is 2. The Morgan fingerprint density at radius 1 is 0.917 bits per heavy atom. The number of para-hydroxylation sites is 1. The molecule has 0 aliphatic carbocycles. The monoisotopic (exact) mass is 478 g/mol. The Balaban J connectivity index is 1.41. The lowest BCUT2D eigenvalue weighted by molar-refractivity contribution is -0.166. The van der Waals surface area contributed by atoms with E-state index in [2.05, 4.69) is 10.3 Å². The molecule has 5 rings (SSSR count). The van der Waals surface area contributed by atoms with Crippen LogP contribution < -0.4 is 15.8 Å². The van der Waals surface area contributed by atoms with Crippen LogP contribution in [0.2, 0.25) is 0 Å². The number of benzene rings is 3. The Morgan fingerprint density at radius 3 is 2.08 bits per heavy atom. The minimum Gasteiger partial charge on any atom is -0.469 e. The van der Waals surface area contributed by atoms with Crippen molar-refractivity contribution in [3.8, 4) is 5.75 Å². The number of nitrogens with two attached hydrogens (primary N) is 1. The van der Waals surface area contributed by atoms with Crippen LogP contribution in [0, 0.1) is 5.92 Å². The summed E-state index contributed by atoms with van der Waals surface area (Å²) in [6.07, 6.45) is 1.23. The highest BCUT2D eigenvalue weighted by molar-refractivity contribution is 6.01. The summed E-state index contributed by atoms with van der Waals surface area (Å²) in [4.78, 5) is 32.0. The molecule has 7 nitrogen and oxygen atoms in total. The van der Waals surface area contributed by atoms with E-state index >= 15 is 0 Å². The van der Waals surface area contributed by atoms with Gasteiger partial charge in [-0.1, -0.05) is 78.9 Å². The van der Waals surface area contributed by atoms with E-state index in [0.29, 0.717) is 18.0 Å². The largest absolute Gasteiger partial charge is 0.469 e. The minimum atomic E-state index is -0.763. The number of β-lactam (4-membered cyclic amide) rings is 1. The molecule has 1 aliphatic heterocycles. The number of aromatic nitrogens is 1. The predicted octanol–water partition coefficient (Wildman–Crippen LogP) is 4.57. The Kier molecular flexibility index (Phi) is 6.62. The van der Waals surface area contributed by atoms with Crippen molar-refractivity contribution >= 4 is 17.8 Å². The smallest absolute Gasteiger partial charge is 0.327 e. The third kappa shape index (κ3) is 4.90. The summed E-state index contributed by atoms with van der Waals surface area (Å²) in [5.41, 5.74) is 8.50. The molecule has 180 valence electrons. The van der Waals surface area contributed by atoms with Crippen molar-refractivity contribution in [2.45, 2.75) is 18.7 Å². The van der Waals surface area contributed by atoms with Crippen molar-refractivity contribution in [3.63, 3.8) is 0 Å². The van der Waals surface area contributed by atoms with Crippen molar-refractivity contribution in [1.29, 1.82) is 0 Å². The number of hydrogen-bond acceptors (Lipinski definition) is 5. The second-order valence-electron chi connectivity index (χ2n) is 8.63. The second kappa shape index (κ2) is 10.3. The van der Waals surface area contributed by atoms with Crippen LogP contribution in [-0.4, -0.2) is 28.1 Å². The third-order valence-corrected chi connectivity index (χ3v) is 6.21. The summed E-state index contributed by atoms with van der Waals surface area (Å²) < 4.78 is 6.16. The molecule has 2 atom stereocenters. The molecule has 3 N–H and O–H groups in total. The zero-order chi connectivity index (χ0) is 24.9. The zero-order valence-electron chi connectivity index (χ0n) is 19.5. The normalized spacial score (nSPS) is 16.9. The van der Waals surface area contributed by atoms with Crippen molar-refractivity contribution < 1.29 is 14.3 Å². The topological polar surface area (TPSA) is 97.6 Å². The number of carbonyl (C=O) groups excluding carboxylic acids is 2. The van der Waals surface area contributed by atoms with Crippen LogP contribution in [0.15, 0.2) is 109 Å². The lowest BCUT2D eigenvalue weighted by Gasteiger charge is -2.45. The van der Waals surface area contributed by atoms with Gasteiger partial charge in [0.1, 0.15) is 11.6 Å². The lowest BCUT2D eigenvalue weighted by atomic mass is 9.89. The van der Waals surface area contributed by atoms with Crippen LogP contribution >= 0.6 is 0 Å². The van der Waals surface area contributed by atoms with Crippen molar-refractivity contribution in [3.05, 3.63) is 126 Å². The van der Waals surface area contributed by atoms with Gasteiger partial charge in [0.15, 0.2) is 6.23 Å². The number of nitrogen functional groups attached to an aromatic ring is 1. The minimum absolute atomic E-state index is 0.302.